The Kier molecular flexibility index (Phi) is 6.47. The second-order valence-corrected chi connectivity index (χ2v) is 6.16. The molecule has 0 saturated heterocycles. The van der Waals surface area contributed by atoms with Crippen molar-refractivity contribution in [1.29, 1.82) is 0 Å². The first-order chi connectivity index (χ1) is 13.7. The lowest BCUT2D eigenvalue weighted by molar-refractivity contribution is -0.115. The van der Waals surface area contributed by atoms with Crippen LogP contribution in [0.3, 0.4) is 0 Å². The van der Waals surface area contributed by atoms with Crippen molar-refractivity contribution in [2.45, 2.75) is 6.54 Å². The van der Waals surface area contributed by atoms with Crippen molar-refractivity contribution in [2.75, 3.05) is 14.2 Å². The maximum Gasteiger partial charge on any atom is 0.252 e. The summed E-state index contributed by atoms with van der Waals surface area (Å²) in [5.74, 6) is 1.30. The molecule has 3 rings (SSSR count). The second kappa shape index (κ2) is 9.42. The Labute approximate surface area is 165 Å². The third-order valence-corrected chi connectivity index (χ3v) is 4.40. The zero-order valence-electron chi connectivity index (χ0n) is 16.0. The molecule has 0 aliphatic carbocycles. The van der Waals surface area contributed by atoms with Gasteiger partial charge < -0.3 is 14.8 Å². The van der Waals surface area contributed by atoms with E-state index in [9.17, 15) is 4.79 Å². The maximum atomic E-state index is 13.1. The fraction of sp³-hybridized carbons (Fsp3) is 0.125. The zero-order chi connectivity index (χ0) is 19.8. The SMILES string of the molecule is COc1ccccc1/C=C(/C(=O)NCc1ccccc1OC)c1ccccc1. The van der Waals surface area contributed by atoms with Crippen LogP contribution in [0.25, 0.3) is 11.6 Å². The molecule has 0 fully saturated rings. The van der Waals surface area contributed by atoms with E-state index >= 15 is 0 Å². The summed E-state index contributed by atoms with van der Waals surface area (Å²) in [7, 11) is 3.24. The highest BCUT2D eigenvalue weighted by molar-refractivity contribution is 6.24. The molecule has 28 heavy (non-hydrogen) atoms. The molecule has 0 atom stereocenters. The minimum absolute atomic E-state index is 0.164. The highest BCUT2D eigenvalue weighted by atomic mass is 16.5. The van der Waals surface area contributed by atoms with Gasteiger partial charge in [-0.15, -0.1) is 0 Å². The highest BCUT2D eigenvalue weighted by Crippen LogP contribution is 2.25. The van der Waals surface area contributed by atoms with Gasteiger partial charge in [-0.2, -0.15) is 0 Å². The molecule has 1 N–H and O–H groups in total. The minimum Gasteiger partial charge on any atom is -0.496 e. The minimum atomic E-state index is -0.164. The van der Waals surface area contributed by atoms with Crippen molar-refractivity contribution in [2.24, 2.45) is 0 Å². The van der Waals surface area contributed by atoms with Gasteiger partial charge in [-0.3, -0.25) is 4.79 Å². The van der Waals surface area contributed by atoms with Crippen LogP contribution in [0, 0.1) is 0 Å². The molecule has 0 saturated carbocycles. The Morgan fingerprint density at radius 1 is 0.821 bits per heavy atom. The van der Waals surface area contributed by atoms with Gasteiger partial charge in [-0.25, -0.2) is 0 Å². The lowest BCUT2D eigenvalue weighted by Gasteiger charge is -2.13. The van der Waals surface area contributed by atoms with Gasteiger partial charge in [0.2, 0.25) is 0 Å². The lowest BCUT2D eigenvalue weighted by atomic mass is 10.0. The van der Waals surface area contributed by atoms with Crippen LogP contribution in [-0.4, -0.2) is 20.1 Å². The van der Waals surface area contributed by atoms with Gasteiger partial charge in [0.1, 0.15) is 11.5 Å². The van der Waals surface area contributed by atoms with Crippen molar-refractivity contribution >= 4 is 17.6 Å². The van der Waals surface area contributed by atoms with Crippen molar-refractivity contribution in [1.82, 2.24) is 5.32 Å². The third-order valence-electron chi connectivity index (χ3n) is 4.40. The van der Waals surface area contributed by atoms with Crippen LogP contribution >= 0.6 is 0 Å². The van der Waals surface area contributed by atoms with Crippen molar-refractivity contribution in [3.8, 4) is 11.5 Å². The van der Waals surface area contributed by atoms with Crippen LogP contribution in [0.1, 0.15) is 16.7 Å². The van der Waals surface area contributed by atoms with Gasteiger partial charge in [-0.05, 0) is 23.8 Å². The van der Waals surface area contributed by atoms with E-state index < -0.39 is 0 Å². The molecule has 0 aromatic heterocycles. The fourth-order valence-corrected chi connectivity index (χ4v) is 2.96. The number of benzene rings is 3. The molecule has 0 aliphatic rings. The largest absolute Gasteiger partial charge is 0.496 e. The predicted molar refractivity (Wildman–Crippen MR) is 112 cm³/mol. The van der Waals surface area contributed by atoms with E-state index in [-0.39, 0.29) is 5.91 Å². The number of hydrogen-bond donors (Lipinski definition) is 1. The number of rotatable bonds is 7. The van der Waals surface area contributed by atoms with Crippen LogP contribution in [0.2, 0.25) is 0 Å². The monoisotopic (exact) mass is 373 g/mol. The molecular formula is C24H23NO3. The van der Waals surface area contributed by atoms with Crippen molar-refractivity contribution < 1.29 is 14.3 Å². The first kappa shape index (κ1) is 19.2. The molecule has 1 amide bonds. The molecule has 0 radical (unpaired) electrons. The van der Waals surface area contributed by atoms with E-state index in [0.29, 0.717) is 17.9 Å². The second-order valence-electron chi connectivity index (χ2n) is 6.16. The first-order valence-electron chi connectivity index (χ1n) is 9.03. The van der Waals surface area contributed by atoms with Crippen LogP contribution < -0.4 is 14.8 Å². The van der Waals surface area contributed by atoms with Gasteiger partial charge in [0.15, 0.2) is 0 Å². The molecule has 3 aromatic rings. The lowest BCUT2D eigenvalue weighted by Crippen LogP contribution is -2.24. The average Bonchev–Trinajstić information content (AvgIpc) is 2.76. The number of carbonyl (C=O) groups excluding carboxylic acids is 1. The van der Waals surface area contributed by atoms with Gasteiger partial charge >= 0.3 is 0 Å². The van der Waals surface area contributed by atoms with Gasteiger partial charge in [0, 0.05) is 23.2 Å². The number of nitrogens with one attached hydrogen (secondary N) is 1. The van der Waals surface area contributed by atoms with E-state index in [2.05, 4.69) is 5.32 Å². The van der Waals surface area contributed by atoms with Crippen LogP contribution in [-0.2, 0) is 11.3 Å². The summed E-state index contributed by atoms with van der Waals surface area (Å²) in [6.07, 6.45) is 1.85. The molecule has 0 heterocycles. The topological polar surface area (TPSA) is 47.6 Å². The molecule has 0 spiro atoms. The van der Waals surface area contributed by atoms with Crippen LogP contribution in [0.4, 0.5) is 0 Å². The van der Waals surface area contributed by atoms with Gasteiger partial charge in [0.25, 0.3) is 5.91 Å². The normalized spacial score (nSPS) is 11.0. The number of amides is 1. The molecule has 3 aromatic carbocycles. The Morgan fingerprint density at radius 2 is 1.43 bits per heavy atom. The molecule has 0 unspecified atom stereocenters. The van der Waals surface area contributed by atoms with Crippen LogP contribution in [0.5, 0.6) is 11.5 Å². The summed E-state index contributed by atoms with van der Waals surface area (Å²) in [6, 6.07) is 24.9. The Bertz CT molecular complexity index is 964. The standard InChI is InChI=1S/C24H23NO3/c1-27-22-14-8-6-12-19(22)16-21(18-10-4-3-5-11-18)24(26)25-17-20-13-7-9-15-23(20)28-2/h3-16H,17H2,1-2H3,(H,25,26)/b21-16+. The quantitative estimate of drug-likeness (QED) is 0.488. The summed E-state index contributed by atoms with van der Waals surface area (Å²) < 4.78 is 10.8. The molecule has 0 aliphatic heterocycles. The summed E-state index contributed by atoms with van der Waals surface area (Å²) in [6.45, 7) is 0.374. The molecule has 142 valence electrons. The summed E-state index contributed by atoms with van der Waals surface area (Å²) in [5, 5.41) is 3.00. The number of ether oxygens (including phenoxy) is 2. The predicted octanol–water partition coefficient (Wildman–Crippen LogP) is 4.56. The zero-order valence-corrected chi connectivity index (χ0v) is 16.0. The summed E-state index contributed by atoms with van der Waals surface area (Å²) in [4.78, 5) is 13.1. The van der Waals surface area contributed by atoms with E-state index in [0.717, 1.165) is 22.4 Å². The maximum absolute atomic E-state index is 13.1. The van der Waals surface area contributed by atoms with E-state index in [1.165, 1.54) is 0 Å². The fourth-order valence-electron chi connectivity index (χ4n) is 2.96. The highest BCUT2D eigenvalue weighted by Gasteiger charge is 2.14. The van der Waals surface area contributed by atoms with Crippen molar-refractivity contribution in [3.63, 3.8) is 0 Å². The average molecular weight is 373 g/mol. The molecule has 0 bridgehead atoms. The number of para-hydroxylation sites is 2. The van der Waals surface area contributed by atoms with E-state index in [1.54, 1.807) is 14.2 Å². The molecule has 4 heteroatoms. The number of methoxy groups -OCH3 is 2. The Hall–Kier alpha value is -3.53. The summed E-state index contributed by atoms with van der Waals surface area (Å²) >= 11 is 0. The van der Waals surface area contributed by atoms with Gasteiger partial charge in [-0.1, -0.05) is 66.7 Å². The molecular weight excluding hydrogens is 350 g/mol. The Morgan fingerprint density at radius 3 is 2.14 bits per heavy atom. The van der Waals surface area contributed by atoms with Crippen molar-refractivity contribution in [3.05, 3.63) is 95.6 Å². The van der Waals surface area contributed by atoms with E-state index in [4.69, 9.17) is 9.47 Å². The van der Waals surface area contributed by atoms with E-state index in [1.807, 2.05) is 84.9 Å². The number of hydrogen-bond acceptors (Lipinski definition) is 3. The van der Waals surface area contributed by atoms with Crippen LogP contribution in [0.15, 0.2) is 78.9 Å². The first-order valence-corrected chi connectivity index (χ1v) is 9.03. The van der Waals surface area contributed by atoms with Gasteiger partial charge in [0.05, 0.1) is 14.2 Å². The molecule has 4 nitrogen and oxygen atoms in total. The third kappa shape index (κ3) is 4.60. The smallest absolute Gasteiger partial charge is 0.252 e. The summed E-state index contributed by atoms with van der Waals surface area (Å²) in [5.41, 5.74) is 3.17. The number of carbonyl (C=O) groups is 1. The Balaban J connectivity index is 1.91.